The molecule has 0 unspecified atom stereocenters. The lowest BCUT2D eigenvalue weighted by atomic mass is 10.1. The van der Waals surface area contributed by atoms with E-state index in [4.69, 9.17) is 4.74 Å². The van der Waals surface area contributed by atoms with E-state index < -0.39 is 5.97 Å². The summed E-state index contributed by atoms with van der Waals surface area (Å²) in [7, 11) is 0. The van der Waals surface area contributed by atoms with Gasteiger partial charge in [-0.3, -0.25) is 9.59 Å². The zero-order chi connectivity index (χ0) is 25.1. The van der Waals surface area contributed by atoms with Crippen LogP contribution in [-0.2, 0) is 16.0 Å². The molecule has 0 saturated heterocycles. The molecule has 0 saturated carbocycles. The highest BCUT2D eigenvalue weighted by molar-refractivity contribution is 8.00. The fourth-order valence-electron chi connectivity index (χ4n) is 4.72. The van der Waals surface area contributed by atoms with E-state index in [1.54, 1.807) is 23.1 Å². The summed E-state index contributed by atoms with van der Waals surface area (Å²) in [6, 6.07) is 17.0. The summed E-state index contributed by atoms with van der Waals surface area (Å²) in [6.45, 7) is 8.34. The number of carbonyl (C=O) groups is 3. The molecule has 1 aliphatic heterocycles. The number of amides is 1. The van der Waals surface area contributed by atoms with E-state index in [9.17, 15) is 14.4 Å². The zero-order valence-electron chi connectivity index (χ0n) is 20.5. The molecular formula is C28H30N2O4S. The van der Waals surface area contributed by atoms with Crippen molar-refractivity contribution in [3.05, 3.63) is 82.7 Å². The average molecular weight is 491 g/mol. The van der Waals surface area contributed by atoms with Gasteiger partial charge in [0.05, 0.1) is 11.3 Å². The third-order valence-corrected chi connectivity index (χ3v) is 7.34. The topological polar surface area (TPSA) is 68.6 Å². The number of rotatable bonds is 8. The second-order valence-corrected chi connectivity index (χ2v) is 9.97. The lowest BCUT2D eigenvalue weighted by molar-refractivity contribution is -0.116. The number of benzene rings is 2. The Morgan fingerprint density at radius 1 is 1.00 bits per heavy atom. The first-order chi connectivity index (χ1) is 16.8. The molecule has 4 rings (SSSR count). The molecule has 182 valence electrons. The van der Waals surface area contributed by atoms with Crippen molar-refractivity contribution in [3.63, 3.8) is 0 Å². The molecule has 0 aliphatic carbocycles. The van der Waals surface area contributed by atoms with E-state index in [0.717, 1.165) is 23.5 Å². The highest BCUT2D eigenvalue weighted by Crippen LogP contribution is 2.30. The summed E-state index contributed by atoms with van der Waals surface area (Å²) in [5.41, 5.74) is 4.93. The van der Waals surface area contributed by atoms with Crippen LogP contribution >= 0.6 is 11.8 Å². The van der Waals surface area contributed by atoms with Gasteiger partial charge in [0.15, 0.2) is 6.61 Å². The van der Waals surface area contributed by atoms with Gasteiger partial charge in [-0.25, -0.2) is 4.79 Å². The van der Waals surface area contributed by atoms with Crippen LogP contribution in [0.4, 0.5) is 5.69 Å². The van der Waals surface area contributed by atoms with Crippen LogP contribution in [0.5, 0.6) is 0 Å². The van der Waals surface area contributed by atoms with Gasteiger partial charge in [-0.05, 0) is 63.9 Å². The summed E-state index contributed by atoms with van der Waals surface area (Å²) >= 11 is 1.31. The van der Waals surface area contributed by atoms with E-state index >= 15 is 0 Å². The summed E-state index contributed by atoms with van der Waals surface area (Å²) in [5.74, 6) is -0.595. The van der Waals surface area contributed by atoms with Crippen LogP contribution in [0.25, 0.3) is 0 Å². The lowest BCUT2D eigenvalue weighted by Crippen LogP contribution is -2.30. The molecule has 35 heavy (non-hydrogen) atoms. The van der Waals surface area contributed by atoms with E-state index in [-0.39, 0.29) is 30.1 Å². The van der Waals surface area contributed by atoms with Gasteiger partial charge in [-0.1, -0.05) is 30.3 Å². The van der Waals surface area contributed by atoms with Crippen molar-refractivity contribution >= 4 is 35.1 Å². The molecule has 7 heteroatoms. The van der Waals surface area contributed by atoms with Crippen LogP contribution in [0.1, 0.15) is 57.6 Å². The SMILES string of the molecule is Cc1cc(C(=O)COC(=O)c2ccccc2SCC(=O)N2CCc3ccccc32)c(C)n1C(C)C. The van der Waals surface area contributed by atoms with Crippen molar-refractivity contribution in [2.75, 3.05) is 23.8 Å². The summed E-state index contributed by atoms with van der Waals surface area (Å²) in [5, 5.41) is 0. The third kappa shape index (κ3) is 5.20. The fourth-order valence-corrected chi connectivity index (χ4v) is 5.63. The van der Waals surface area contributed by atoms with Gasteiger partial charge in [-0.15, -0.1) is 11.8 Å². The number of aryl methyl sites for hydroxylation is 1. The molecule has 1 aliphatic rings. The van der Waals surface area contributed by atoms with E-state index in [2.05, 4.69) is 18.4 Å². The first-order valence-electron chi connectivity index (χ1n) is 11.8. The highest BCUT2D eigenvalue weighted by Gasteiger charge is 2.25. The molecule has 0 fully saturated rings. The predicted molar refractivity (Wildman–Crippen MR) is 139 cm³/mol. The number of hydrogen-bond acceptors (Lipinski definition) is 5. The number of aromatic nitrogens is 1. The zero-order valence-corrected chi connectivity index (χ0v) is 21.4. The summed E-state index contributed by atoms with van der Waals surface area (Å²) in [4.78, 5) is 41.0. The van der Waals surface area contributed by atoms with Crippen LogP contribution < -0.4 is 4.90 Å². The fraction of sp³-hybridized carbons (Fsp3) is 0.321. The average Bonchev–Trinajstić information content (AvgIpc) is 3.41. The van der Waals surface area contributed by atoms with E-state index in [1.165, 1.54) is 17.3 Å². The van der Waals surface area contributed by atoms with E-state index in [1.807, 2.05) is 50.2 Å². The Labute approximate surface area is 210 Å². The van der Waals surface area contributed by atoms with Crippen molar-refractivity contribution in [1.82, 2.24) is 4.57 Å². The number of hydrogen-bond donors (Lipinski definition) is 0. The normalized spacial score (nSPS) is 12.7. The Hall–Kier alpha value is -3.32. The second-order valence-electron chi connectivity index (χ2n) is 8.96. The van der Waals surface area contributed by atoms with Gasteiger partial charge in [-0.2, -0.15) is 0 Å². The van der Waals surface area contributed by atoms with Crippen LogP contribution in [0, 0.1) is 13.8 Å². The largest absolute Gasteiger partial charge is 0.454 e. The molecule has 6 nitrogen and oxygen atoms in total. The summed E-state index contributed by atoms with van der Waals surface area (Å²) in [6.07, 6.45) is 0.850. The molecule has 0 N–H and O–H groups in total. The van der Waals surface area contributed by atoms with Gasteiger partial charge in [0.25, 0.3) is 0 Å². The minimum atomic E-state index is -0.571. The van der Waals surface area contributed by atoms with Gasteiger partial charge >= 0.3 is 5.97 Å². The van der Waals surface area contributed by atoms with Crippen LogP contribution in [0.15, 0.2) is 59.5 Å². The molecular weight excluding hydrogens is 460 g/mol. The van der Waals surface area contributed by atoms with Gasteiger partial charge in [0.1, 0.15) is 0 Å². The number of ether oxygens (including phenoxy) is 1. The molecule has 0 bridgehead atoms. The molecule has 1 aromatic heterocycles. The molecule has 1 amide bonds. The predicted octanol–water partition coefficient (Wildman–Crippen LogP) is 5.41. The number of Topliss-reactive ketones (excluding diaryl/α,β-unsaturated/α-hetero) is 1. The Morgan fingerprint density at radius 3 is 2.46 bits per heavy atom. The van der Waals surface area contributed by atoms with Crippen molar-refractivity contribution < 1.29 is 19.1 Å². The molecule has 0 spiro atoms. The van der Waals surface area contributed by atoms with E-state index in [0.29, 0.717) is 22.6 Å². The number of thioether (sulfide) groups is 1. The lowest BCUT2D eigenvalue weighted by Gasteiger charge is -2.17. The van der Waals surface area contributed by atoms with Crippen LogP contribution in [0.2, 0.25) is 0 Å². The van der Waals surface area contributed by atoms with Crippen molar-refractivity contribution in [3.8, 4) is 0 Å². The van der Waals surface area contributed by atoms with Gasteiger partial charge in [0.2, 0.25) is 11.7 Å². The number of nitrogens with zero attached hydrogens (tertiary/aromatic N) is 2. The van der Waals surface area contributed by atoms with Gasteiger partial charge in [0, 0.05) is 40.1 Å². The number of carbonyl (C=O) groups excluding carboxylic acids is 3. The number of esters is 1. The first kappa shape index (κ1) is 24.8. The second kappa shape index (κ2) is 10.5. The maximum atomic E-state index is 12.9. The molecule has 2 aromatic carbocycles. The highest BCUT2D eigenvalue weighted by atomic mass is 32.2. The van der Waals surface area contributed by atoms with Crippen molar-refractivity contribution in [2.24, 2.45) is 0 Å². The smallest absolute Gasteiger partial charge is 0.339 e. The molecule has 2 heterocycles. The Kier molecular flexibility index (Phi) is 7.45. The molecule has 0 atom stereocenters. The number of fused-ring (bicyclic) bond motifs is 1. The number of ketones is 1. The third-order valence-electron chi connectivity index (χ3n) is 6.28. The minimum Gasteiger partial charge on any atom is -0.454 e. The number of para-hydroxylation sites is 1. The monoisotopic (exact) mass is 490 g/mol. The maximum Gasteiger partial charge on any atom is 0.339 e. The van der Waals surface area contributed by atoms with Crippen molar-refractivity contribution in [2.45, 2.75) is 45.1 Å². The number of anilines is 1. The quantitative estimate of drug-likeness (QED) is 0.240. The molecule has 3 aromatic rings. The Morgan fingerprint density at radius 2 is 1.71 bits per heavy atom. The Balaban J connectivity index is 1.39. The Bertz CT molecular complexity index is 1280. The summed E-state index contributed by atoms with van der Waals surface area (Å²) < 4.78 is 7.49. The molecule has 0 radical (unpaired) electrons. The van der Waals surface area contributed by atoms with Gasteiger partial charge < -0.3 is 14.2 Å². The minimum absolute atomic E-state index is 0.00110. The van der Waals surface area contributed by atoms with Crippen LogP contribution in [0.3, 0.4) is 0 Å². The standard InChI is InChI=1S/C28H30N2O4S/c1-18(2)30-19(3)15-23(20(30)4)25(31)16-34-28(33)22-10-6-8-12-26(22)35-17-27(32)29-14-13-21-9-5-7-11-24(21)29/h5-12,15,18H,13-14,16-17H2,1-4H3. The first-order valence-corrected chi connectivity index (χ1v) is 12.7. The van der Waals surface area contributed by atoms with Crippen LogP contribution in [-0.4, -0.2) is 41.1 Å². The maximum absolute atomic E-state index is 12.9. The van der Waals surface area contributed by atoms with Crippen molar-refractivity contribution in [1.29, 1.82) is 0 Å².